The molecule has 0 fully saturated rings. The number of quaternary nitrogens is 1. The lowest BCUT2D eigenvalue weighted by Crippen LogP contribution is -2.48. The average Bonchev–Trinajstić information content (AvgIpc) is 2.39. The van der Waals surface area contributed by atoms with Crippen LogP contribution in [0.1, 0.15) is 81.6 Å². The molecule has 0 rings (SSSR count). The molecule has 22 heavy (non-hydrogen) atoms. The van der Waals surface area contributed by atoms with Crippen LogP contribution in [0.25, 0.3) is 0 Å². The van der Waals surface area contributed by atoms with E-state index in [1.54, 1.807) is 0 Å². The lowest BCUT2D eigenvalue weighted by atomic mass is 9.86. The van der Waals surface area contributed by atoms with Crippen molar-refractivity contribution in [1.29, 1.82) is 0 Å². The highest BCUT2D eigenvalue weighted by molar-refractivity contribution is 7.98. The molecular formula is C19H43N2S+. The molecule has 2 nitrogen and oxygen atoms in total. The van der Waals surface area contributed by atoms with Crippen LogP contribution >= 0.6 is 11.9 Å². The Balaban J connectivity index is 4.12. The third kappa shape index (κ3) is 9.42. The molecule has 0 saturated carbocycles. The Bertz CT molecular complexity index is 282. The quantitative estimate of drug-likeness (QED) is 0.397. The Hall–Kier alpha value is 0.270. The van der Waals surface area contributed by atoms with Crippen molar-refractivity contribution in [2.45, 2.75) is 92.4 Å². The molecule has 0 aliphatic rings. The molecule has 0 radical (unpaired) electrons. The van der Waals surface area contributed by atoms with E-state index >= 15 is 0 Å². The van der Waals surface area contributed by atoms with Crippen LogP contribution in [0.2, 0.25) is 0 Å². The van der Waals surface area contributed by atoms with Crippen LogP contribution in [0, 0.1) is 5.41 Å². The Labute approximate surface area is 145 Å². The topological polar surface area (TPSA) is 12.0 Å². The number of hydrogen-bond acceptors (Lipinski definition) is 2. The molecule has 0 aromatic rings. The second-order valence-electron chi connectivity index (χ2n) is 8.77. The van der Waals surface area contributed by atoms with Crippen molar-refractivity contribution in [2.75, 3.05) is 26.2 Å². The van der Waals surface area contributed by atoms with Crippen molar-refractivity contribution in [3.8, 4) is 0 Å². The predicted octanol–water partition coefficient (Wildman–Crippen LogP) is 5.48. The first-order valence-corrected chi connectivity index (χ1v) is 10.1. The van der Waals surface area contributed by atoms with Crippen LogP contribution in [-0.4, -0.2) is 41.5 Å². The van der Waals surface area contributed by atoms with Gasteiger partial charge < -0.3 is 4.48 Å². The fraction of sp³-hybridized carbons (Fsp3) is 1.00. The van der Waals surface area contributed by atoms with Gasteiger partial charge in [-0.25, -0.2) is 0 Å². The van der Waals surface area contributed by atoms with Crippen molar-refractivity contribution in [3.63, 3.8) is 0 Å². The average molecular weight is 332 g/mol. The highest BCUT2D eigenvalue weighted by Crippen LogP contribution is 2.35. The van der Waals surface area contributed by atoms with Gasteiger partial charge >= 0.3 is 0 Å². The van der Waals surface area contributed by atoms with Crippen LogP contribution in [-0.2, 0) is 0 Å². The maximum Gasteiger partial charge on any atom is 0.0786 e. The summed E-state index contributed by atoms with van der Waals surface area (Å²) in [5, 5.41) is 0. The summed E-state index contributed by atoms with van der Waals surface area (Å²) in [4.78, 5) is 0. The maximum atomic E-state index is 3.70. The number of hydrogen-bond donors (Lipinski definition) is 1. The molecule has 0 aromatic heterocycles. The standard InChI is InChI=1S/C19H43N2S/c1-10-21(11-2,12-3)15-13-14-17(4)20-22-19(8,9)16-18(5,6)7/h17,20H,10-16H2,1-9H3/q+1. The molecule has 0 amide bonds. The molecular weight excluding hydrogens is 288 g/mol. The SMILES string of the molecule is CC[N+](CC)(CC)CCCC(C)NSC(C)(C)CC(C)(C)C. The van der Waals surface area contributed by atoms with Gasteiger partial charge in [-0.3, -0.25) is 4.72 Å². The van der Waals surface area contributed by atoms with Crippen molar-refractivity contribution in [2.24, 2.45) is 5.41 Å². The van der Waals surface area contributed by atoms with Gasteiger partial charge in [-0.05, 0) is 66.2 Å². The van der Waals surface area contributed by atoms with Gasteiger partial charge in [0, 0.05) is 10.8 Å². The fourth-order valence-electron chi connectivity index (χ4n) is 3.51. The van der Waals surface area contributed by atoms with E-state index in [2.05, 4.69) is 67.0 Å². The summed E-state index contributed by atoms with van der Waals surface area (Å²) in [5.41, 5.74) is 0.391. The van der Waals surface area contributed by atoms with Crippen molar-refractivity contribution in [3.05, 3.63) is 0 Å². The Morgan fingerprint density at radius 3 is 1.86 bits per heavy atom. The molecule has 0 aliphatic heterocycles. The lowest BCUT2D eigenvalue weighted by Gasteiger charge is -2.36. The first kappa shape index (κ1) is 22.3. The zero-order valence-corrected chi connectivity index (χ0v) is 17.7. The molecule has 134 valence electrons. The molecule has 1 unspecified atom stereocenters. The first-order valence-electron chi connectivity index (χ1n) is 9.28. The van der Waals surface area contributed by atoms with Gasteiger partial charge in [0.05, 0.1) is 26.2 Å². The van der Waals surface area contributed by atoms with Gasteiger partial charge in [0.25, 0.3) is 0 Å². The largest absolute Gasteiger partial charge is 0.324 e. The molecule has 3 heteroatoms. The third-order valence-corrected chi connectivity index (χ3v) is 5.99. The monoisotopic (exact) mass is 331 g/mol. The van der Waals surface area contributed by atoms with E-state index in [4.69, 9.17) is 0 Å². The van der Waals surface area contributed by atoms with Gasteiger partial charge in [-0.2, -0.15) is 0 Å². The maximum absolute atomic E-state index is 3.70. The van der Waals surface area contributed by atoms with Crippen molar-refractivity contribution >= 4 is 11.9 Å². The molecule has 0 spiro atoms. The Morgan fingerprint density at radius 1 is 0.955 bits per heavy atom. The molecule has 0 bridgehead atoms. The molecule has 0 aliphatic carbocycles. The minimum Gasteiger partial charge on any atom is -0.324 e. The van der Waals surface area contributed by atoms with Crippen LogP contribution in [0.4, 0.5) is 0 Å². The second kappa shape index (κ2) is 9.54. The van der Waals surface area contributed by atoms with E-state index < -0.39 is 0 Å². The summed E-state index contributed by atoms with van der Waals surface area (Å²) >= 11 is 1.93. The molecule has 0 heterocycles. The molecule has 1 N–H and O–H groups in total. The smallest absolute Gasteiger partial charge is 0.0786 e. The highest BCUT2D eigenvalue weighted by Gasteiger charge is 2.27. The van der Waals surface area contributed by atoms with Gasteiger partial charge in [0.2, 0.25) is 0 Å². The number of nitrogens with zero attached hydrogens (tertiary/aromatic N) is 1. The van der Waals surface area contributed by atoms with Gasteiger partial charge in [-0.1, -0.05) is 32.7 Å². The zero-order chi connectivity index (χ0) is 17.4. The van der Waals surface area contributed by atoms with E-state index in [-0.39, 0.29) is 0 Å². The van der Waals surface area contributed by atoms with Crippen LogP contribution in [0.15, 0.2) is 0 Å². The number of rotatable bonds is 11. The van der Waals surface area contributed by atoms with Crippen molar-refractivity contribution < 1.29 is 4.48 Å². The van der Waals surface area contributed by atoms with Crippen LogP contribution in [0.3, 0.4) is 0 Å². The minimum atomic E-state index is 0.294. The van der Waals surface area contributed by atoms with Gasteiger partial charge in [0.1, 0.15) is 0 Å². The summed E-state index contributed by atoms with van der Waals surface area (Å²) in [7, 11) is 0. The summed E-state index contributed by atoms with van der Waals surface area (Å²) in [6.07, 6.45) is 3.83. The summed E-state index contributed by atoms with van der Waals surface area (Å²) in [6.45, 7) is 26.2. The zero-order valence-electron chi connectivity index (χ0n) is 16.9. The Morgan fingerprint density at radius 2 is 1.45 bits per heavy atom. The van der Waals surface area contributed by atoms with E-state index in [1.807, 2.05) is 11.9 Å². The number of nitrogens with one attached hydrogen (secondary N) is 1. The Kier molecular flexibility index (Phi) is 9.65. The predicted molar refractivity (Wildman–Crippen MR) is 104 cm³/mol. The first-order chi connectivity index (χ1) is 9.99. The van der Waals surface area contributed by atoms with E-state index in [1.165, 1.54) is 49.9 Å². The van der Waals surface area contributed by atoms with Crippen LogP contribution in [0.5, 0.6) is 0 Å². The summed E-state index contributed by atoms with van der Waals surface area (Å²) < 4.78 is 5.26. The van der Waals surface area contributed by atoms with Gasteiger partial charge in [0.15, 0.2) is 0 Å². The fourth-order valence-corrected chi connectivity index (χ4v) is 4.65. The van der Waals surface area contributed by atoms with E-state index in [0.717, 1.165) is 0 Å². The normalized spacial score (nSPS) is 15.1. The highest BCUT2D eigenvalue weighted by atomic mass is 32.2. The summed E-state index contributed by atoms with van der Waals surface area (Å²) in [6, 6.07) is 0.594. The molecule has 0 aromatic carbocycles. The molecule has 1 atom stereocenters. The third-order valence-electron chi connectivity index (χ3n) is 4.77. The minimum absolute atomic E-state index is 0.294. The summed E-state index contributed by atoms with van der Waals surface area (Å²) in [5.74, 6) is 0. The van der Waals surface area contributed by atoms with Crippen LogP contribution < -0.4 is 4.72 Å². The van der Waals surface area contributed by atoms with Gasteiger partial charge in [-0.15, -0.1) is 0 Å². The van der Waals surface area contributed by atoms with Crippen molar-refractivity contribution in [1.82, 2.24) is 4.72 Å². The van der Waals surface area contributed by atoms with E-state index in [0.29, 0.717) is 16.2 Å². The second-order valence-corrected chi connectivity index (χ2v) is 10.3. The van der Waals surface area contributed by atoms with E-state index in [9.17, 15) is 0 Å². The molecule has 0 saturated heterocycles. The lowest BCUT2D eigenvalue weighted by molar-refractivity contribution is -0.923.